The molecule has 1 aromatic carbocycles. The lowest BCUT2D eigenvalue weighted by molar-refractivity contribution is 0.538. The minimum atomic E-state index is 0.00617. The van der Waals surface area contributed by atoms with Crippen molar-refractivity contribution in [1.29, 1.82) is 0 Å². The Labute approximate surface area is 111 Å². The Balaban J connectivity index is 2.66. The number of hydrogen-bond acceptors (Lipinski definition) is 1. The summed E-state index contributed by atoms with van der Waals surface area (Å²) in [6.07, 6.45) is 1.05. The van der Waals surface area contributed by atoms with Gasteiger partial charge in [0.25, 0.3) is 0 Å². The molecule has 0 unspecified atom stereocenters. The second-order valence-corrected chi connectivity index (χ2v) is 5.38. The standard InChI is InChI=1S/C15H25N3/c1-5-10-17-14(16)18-11-15(3,4)13-8-6-12(2)7-9-13/h6-9H,5,10-11H2,1-4H3,(H3,16,17,18). The summed E-state index contributed by atoms with van der Waals surface area (Å²) in [5, 5.41) is 3.09. The molecule has 0 saturated heterocycles. The highest BCUT2D eigenvalue weighted by atomic mass is 15.1. The lowest BCUT2D eigenvalue weighted by Crippen LogP contribution is -2.34. The van der Waals surface area contributed by atoms with Gasteiger partial charge in [0, 0.05) is 12.0 Å². The van der Waals surface area contributed by atoms with Gasteiger partial charge in [0.15, 0.2) is 5.96 Å². The fourth-order valence-electron chi connectivity index (χ4n) is 1.69. The third-order valence-electron chi connectivity index (χ3n) is 3.03. The van der Waals surface area contributed by atoms with Crippen molar-refractivity contribution in [3.05, 3.63) is 35.4 Å². The molecule has 0 spiro atoms. The average Bonchev–Trinajstić information content (AvgIpc) is 2.34. The zero-order chi connectivity index (χ0) is 13.6. The molecule has 100 valence electrons. The number of aryl methyl sites for hydroxylation is 1. The van der Waals surface area contributed by atoms with Crippen LogP contribution in [-0.4, -0.2) is 19.0 Å². The van der Waals surface area contributed by atoms with E-state index < -0.39 is 0 Å². The number of nitrogens with two attached hydrogens (primary N) is 1. The van der Waals surface area contributed by atoms with Gasteiger partial charge in [0.2, 0.25) is 0 Å². The van der Waals surface area contributed by atoms with Crippen LogP contribution >= 0.6 is 0 Å². The summed E-state index contributed by atoms with van der Waals surface area (Å²) < 4.78 is 0. The lowest BCUT2D eigenvalue weighted by Gasteiger charge is -2.23. The van der Waals surface area contributed by atoms with E-state index in [2.05, 4.69) is 62.3 Å². The average molecular weight is 247 g/mol. The van der Waals surface area contributed by atoms with E-state index in [1.54, 1.807) is 0 Å². The van der Waals surface area contributed by atoms with Gasteiger partial charge < -0.3 is 11.1 Å². The van der Waals surface area contributed by atoms with Gasteiger partial charge in [0.1, 0.15) is 0 Å². The number of aliphatic imine (C=N–C) groups is 1. The molecule has 0 aliphatic heterocycles. The molecule has 1 aromatic rings. The Morgan fingerprint density at radius 2 is 1.89 bits per heavy atom. The maximum atomic E-state index is 5.81. The Hall–Kier alpha value is -1.51. The highest BCUT2D eigenvalue weighted by molar-refractivity contribution is 5.77. The van der Waals surface area contributed by atoms with Crippen molar-refractivity contribution < 1.29 is 0 Å². The van der Waals surface area contributed by atoms with E-state index in [4.69, 9.17) is 5.73 Å². The summed E-state index contributed by atoms with van der Waals surface area (Å²) in [5.41, 5.74) is 8.39. The maximum absolute atomic E-state index is 5.81. The maximum Gasteiger partial charge on any atom is 0.188 e. The molecule has 0 amide bonds. The molecule has 3 heteroatoms. The molecule has 0 fully saturated rings. The SMILES string of the molecule is CCCNC(N)=NCC(C)(C)c1ccc(C)cc1. The Bertz CT molecular complexity index is 391. The normalized spacial score (nSPS) is 12.6. The van der Waals surface area contributed by atoms with E-state index in [0.717, 1.165) is 13.0 Å². The third-order valence-corrected chi connectivity index (χ3v) is 3.03. The van der Waals surface area contributed by atoms with Crippen molar-refractivity contribution in [2.75, 3.05) is 13.1 Å². The fraction of sp³-hybridized carbons (Fsp3) is 0.533. The zero-order valence-electron chi connectivity index (χ0n) is 12.0. The first-order valence-corrected chi connectivity index (χ1v) is 6.56. The molecule has 0 saturated carbocycles. The molecule has 0 radical (unpaired) electrons. The number of benzene rings is 1. The van der Waals surface area contributed by atoms with Crippen LogP contribution in [0.4, 0.5) is 0 Å². The van der Waals surface area contributed by atoms with Crippen LogP contribution in [0.25, 0.3) is 0 Å². The summed E-state index contributed by atoms with van der Waals surface area (Å²) in [6.45, 7) is 10.2. The quantitative estimate of drug-likeness (QED) is 0.620. The van der Waals surface area contributed by atoms with Gasteiger partial charge in [0.05, 0.1) is 6.54 Å². The molecule has 3 nitrogen and oxygen atoms in total. The molecule has 1 rings (SSSR count). The van der Waals surface area contributed by atoms with Gasteiger partial charge in [-0.15, -0.1) is 0 Å². The lowest BCUT2D eigenvalue weighted by atomic mass is 9.84. The van der Waals surface area contributed by atoms with E-state index in [1.807, 2.05) is 0 Å². The Kier molecular flexibility index (Phi) is 5.20. The van der Waals surface area contributed by atoms with E-state index in [9.17, 15) is 0 Å². The Morgan fingerprint density at radius 1 is 1.28 bits per heavy atom. The van der Waals surface area contributed by atoms with Crippen LogP contribution < -0.4 is 11.1 Å². The smallest absolute Gasteiger partial charge is 0.188 e. The van der Waals surface area contributed by atoms with Crippen molar-refractivity contribution >= 4 is 5.96 Å². The van der Waals surface area contributed by atoms with Crippen LogP contribution in [0.3, 0.4) is 0 Å². The minimum Gasteiger partial charge on any atom is -0.370 e. The molecule has 0 atom stereocenters. The number of nitrogens with one attached hydrogen (secondary N) is 1. The van der Waals surface area contributed by atoms with Crippen molar-refractivity contribution in [2.24, 2.45) is 10.7 Å². The van der Waals surface area contributed by atoms with E-state index >= 15 is 0 Å². The van der Waals surface area contributed by atoms with E-state index in [1.165, 1.54) is 11.1 Å². The van der Waals surface area contributed by atoms with Gasteiger partial charge >= 0.3 is 0 Å². The molecule has 0 aliphatic rings. The summed E-state index contributed by atoms with van der Waals surface area (Å²) in [6, 6.07) is 8.61. The van der Waals surface area contributed by atoms with Gasteiger partial charge in [-0.3, -0.25) is 4.99 Å². The van der Waals surface area contributed by atoms with Crippen LogP contribution in [0.2, 0.25) is 0 Å². The van der Waals surface area contributed by atoms with E-state index in [0.29, 0.717) is 12.5 Å². The number of guanidine groups is 1. The molecule has 0 bridgehead atoms. The van der Waals surface area contributed by atoms with Gasteiger partial charge in [-0.25, -0.2) is 0 Å². The predicted molar refractivity (Wildman–Crippen MR) is 79.0 cm³/mol. The summed E-state index contributed by atoms with van der Waals surface area (Å²) in [5.74, 6) is 0.539. The van der Waals surface area contributed by atoms with Crippen LogP contribution in [0.15, 0.2) is 29.3 Å². The summed E-state index contributed by atoms with van der Waals surface area (Å²) in [7, 11) is 0. The first kappa shape index (κ1) is 14.6. The molecule has 18 heavy (non-hydrogen) atoms. The first-order chi connectivity index (χ1) is 8.45. The highest BCUT2D eigenvalue weighted by Gasteiger charge is 2.19. The van der Waals surface area contributed by atoms with Crippen molar-refractivity contribution in [3.63, 3.8) is 0 Å². The molecule has 0 heterocycles. The van der Waals surface area contributed by atoms with Crippen molar-refractivity contribution in [2.45, 2.75) is 39.5 Å². The molecule has 3 N–H and O–H groups in total. The monoisotopic (exact) mass is 247 g/mol. The van der Waals surface area contributed by atoms with E-state index in [-0.39, 0.29) is 5.41 Å². The molecule has 0 aromatic heterocycles. The van der Waals surface area contributed by atoms with Crippen molar-refractivity contribution in [1.82, 2.24) is 5.32 Å². The first-order valence-electron chi connectivity index (χ1n) is 6.56. The van der Waals surface area contributed by atoms with Crippen LogP contribution in [0.5, 0.6) is 0 Å². The zero-order valence-corrected chi connectivity index (χ0v) is 12.0. The van der Waals surface area contributed by atoms with Crippen LogP contribution in [0.1, 0.15) is 38.3 Å². The number of nitrogens with zero attached hydrogens (tertiary/aromatic N) is 1. The summed E-state index contributed by atoms with van der Waals surface area (Å²) in [4.78, 5) is 4.42. The van der Waals surface area contributed by atoms with Gasteiger partial charge in [-0.2, -0.15) is 0 Å². The number of rotatable bonds is 5. The third kappa shape index (κ3) is 4.40. The highest BCUT2D eigenvalue weighted by Crippen LogP contribution is 2.23. The van der Waals surface area contributed by atoms with Gasteiger partial charge in [-0.1, -0.05) is 50.6 Å². The van der Waals surface area contributed by atoms with Gasteiger partial charge in [-0.05, 0) is 18.9 Å². The van der Waals surface area contributed by atoms with Crippen LogP contribution in [-0.2, 0) is 5.41 Å². The molecular weight excluding hydrogens is 222 g/mol. The van der Waals surface area contributed by atoms with Crippen molar-refractivity contribution in [3.8, 4) is 0 Å². The number of hydrogen-bond donors (Lipinski definition) is 2. The second-order valence-electron chi connectivity index (χ2n) is 5.38. The fourth-order valence-corrected chi connectivity index (χ4v) is 1.69. The largest absolute Gasteiger partial charge is 0.370 e. The summed E-state index contributed by atoms with van der Waals surface area (Å²) >= 11 is 0. The molecular formula is C15H25N3. The van der Waals surface area contributed by atoms with Crippen LogP contribution in [0, 0.1) is 6.92 Å². The predicted octanol–water partition coefficient (Wildman–Crippen LogP) is 2.59. The minimum absolute atomic E-state index is 0.00617. The topological polar surface area (TPSA) is 50.4 Å². The molecule has 0 aliphatic carbocycles. The second kappa shape index (κ2) is 6.43. The Morgan fingerprint density at radius 3 is 2.44 bits per heavy atom.